The monoisotopic (exact) mass is 378 g/mol. The molecule has 0 aromatic carbocycles. The summed E-state index contributed by atoms with van der Waals surface area (Å²) in [7, 11) is 2.10. The van der Waals surface area contributed by atoms with Crippen LogP contribution in [0.15, 0.2) is 40.6 Å². The fraction of sp³-hybridized carbons (Fsp3) is 0.522. The Bertz CT molecular complexity index is 834. The molecule has 0 radical (unpaired) electrons. The Hall–Kier alpha value is -2.45. The zero-order chi connectivity index (χ0) is 20.1. The zero-order valence-corrected chi connectivity index (χ0v) is 17.3. The van der Waals surface area contributed by atoms with Gasteiger partial charge in [0.2, 0.25) is 11.8 Å². The van der Waals surface area contributed by atoms with Gasteiger partial charge < -0.3 is 4.42 Å². The van der Waals surface area contributed by atoms with Gasteiger partial charge in [0.25, 0.3) is 0 Å². The second kappa shape index (κ2) is 9.16. The number of hydrogen-bond donors (Lipinski definition) is 0. The van der Waals surface area contributed by atoms with Gasteiger partial charge in [0, 0.05) is 25.4 Å². The number of allylic oxidation sites excluding steroid dienone is 1. The molecule has 0 N–H and O–H groups in total. The summed E-state index contributed by atoms with van der Waals surface area (Å²) in [6.45, 7) is 8.56. The van der Waals surface area contributed by atoms with E-state index < -0.39 is 0 Å². The lowest BCUT2D eigenvalue weighted by molar-refractivity contribution is 0.183. The second-order valence-electron chi connectivity index (χ2n) is 8.26. The molecule has 0 spiro atoms. The van der Waals surface area contributed by atoms with E-state index in [-0.39, 0.29) is 0 Å². The first-order chi connectivity index (χ1) is 13.5. The first-order valence-electron chi connectivity index (χ1n) is 10.0. The highest BCUT2D eigenvalue weighted by atomic mass is 16.4. The molecule has 0 amide bonds. The molecule has 2 aromatic heterocycles. The second-order valence-corrected chi connectivity index (χ2v) is 8.26. The molecule has 5 nitrogen and oxygen atoms in total. The molecule has 2 heterocycles. The Kier molecular flexibility index (Phi) is 6.64. The summed E-state index contributed by atoms with van der Waals surface area (Å²) >= 11 is 0. The maximum atomic E-state index is 5.92. The molecular weight excluding hydrogens is 348 g/mol. The van der Waals surface area contributed by atoms with Gasteiger partial charge in [-0.2, -0.15) is 0 Å². The summed E-state index contributed by atoms with van der Waals surface area (Å²) < 4.78 is 5.92. The van der Waals surface area contributed by atoms with Gasteiger partial charge in [-0.25, -0.2) is 0 Å². The van der Waals surface area contributed by atoms with E-state index >= 15 is 0 Å². The zero-order valence-electron chi connectivity index (χ0n) is 17.3. The minimum absolute atomic E-state index is 0.434. The summed E-state index contributed by atoms with van der Waals surface area (Å²) in [6, 6.07) is 3.81. The van der Waals surface area contributed by atoms with Gasteiger partial charge >= 0.3 is 0 Å². The van der Waals surface area contributed by atoms with Crippen molar-refractivity contribution in [3.63, 3.8) is 0 Å². The molecule has 28 heavy (non-hydrogen) atoms. The van der Waals surface area contributed by atoms with Crippen molar-refractivity contribution >= 4 is 0 Å². The summed E-state index contributed by atoms with van der Waals surface area (Å²) in [4.78, 5) is 6.36. The lowest BCUT2D eigenvalue weighted by Crippen LogP contribution is -2.35. The third-order valence-corrected chi connectivity index (χ3v) is 5.76. The fourth-order valence-electron chi connectivity index (χ4n) is 4.22. The van der Waals surface area contributed by atoms with Crippen molar-refractivity contribution in [1.29, 1.82) is 0 Å². The standard InChI is InChI=1S/C23H30N4O/c1-6-10-27(5)15-20-11-17(4)19(12-21(20)16(2)3)13-22-25-26-23(28-22)18-8-7-9-24-14-18/h1,7-9,11,14,16,19-21H,10,12-13,15H2,2-5H3. The number of pyridine rings is 1. The van der Waals surface area contributed by atoms with Crippen LogP contribution in [0, 0.1) is 36.0 Å². The molecule has 1 aliphatic rings. The quantitative estimate of drug-likeness (QED) is 0.536. The van der Waals surface area contributed by atoms with Crippen LogP contribution in [0.25, 0.3) is 11.5 Å². The average Bonchev–Trinajstić information content (AvgIpc) is 3.13. The third kappa shape index (κ3) is 4.88. The van der Waals surface area contributed by atoms with Crippen LogP contribution in [0.3, 0.4) is 0 Å². The van der Waals surface area contributed by atoms with Crippen LogP contribution in [0.1, 0.15) is 33.1 Å². The Morgan fingerprint density at radius 1 is 1.36 bits per heavy atom. The Morgan fingerprint density at radius 2 is 2.18 bits per heavy atom. The van der Waals surface area contributed by atoms with Crippen molar-refractivity contribution in [2.24, 2.45) is 23.7 Å². The summed E-state index contributed by atoms with van der Waals surface area (Å²) in [5.74, 6) is 6.18. The molecule has 3 rings (SSSR count). The highest BCUT2D eigenvalue weighted by Crippen LogP contribution is 2.39. The topological polar surface area (TPSA) is 55.1 Å². The highest BCUT2D eigenvalue weighted by molar-refractivity contribution is 5.49. The smallest absolute Gasteiger partial charge is 0.249 e. The molecule has 0 bridgehead atoms. The fourth-order valence-corrected chi connectivity index (χ4v) is 4.22. The first-order valence-corrected chi connectivity index (χ1v) is 10.0. The van der Waals surface area contributed by atoms with E-state index in [4.69, 9.17) is 10.8 Å². The van der Waals surface area contributed by atoms with Gasteiger partial charge in [-0.1, -0.05) is 31.4 Å². The van der Waals surface area contributed by atoms with Crippen molar-refractivity contribution in [3.8, 4) is 23.8 Å². The summed E-state index contributed by atoms with van der Waals surface area (Å²) in [5.41, 5.74) is 2.27. The normalized spacial score (nSPS) is 22.3. The maximum Gasteiger partial charge on any atom is 0.249 e. The minimum atomic E-state index is 0.434. The number of nitrogens with zero attached hydrogens (tertiary/aromatic N) is 4. The third-order valence-electron chi connectivity index (χ3n) is 5.76. The van der Waals surface area contributed by atoms with Crippen LogP contribution in [-0.4, -0.2) is 40.2 Å². The minimum Gasteiger partial charge on any atom is -0.421 e. The number of hydrogen-bond acceptors (Lipinski definition) is 5. The van der Waals surface area contributed by atoms with E-state index in [1.165, 1.54) is 5.57 Å². The van der Waals surface area contributed by atoms with Crippen LogP contribution < -0.4 is 0 Å². The van der Waals surface area contributed by atoms with Crippen molar-refractivity contribution in [2.45, 2.75) is 33.6 Å². The first kappa shape index (κ1) is 20.3. The molecule has 148 valence electrons. The number of rotatable bonds is 7. The number of aromatic nitrogens is 3. The van der Waals surface area contributed by atoms with Crippen molar-refractivity contribution in [1.82, 2.24) is 20.1 Å². The van der Waals surface area contributed by atoms with Crippen molar-refractivity contribution < 1.29 is 4.42 Å². The molecule has 0 saturated heterocycles. The molecule has 2 aromatic rings. The van der Waals surface area contributed by atoms with Gasteiger partial charge in [0.1, 0.15) is 0 Å². The number of terminal acetylenes is 1. The largest absolute Gasteiger partial charge is 0.421 e. The van der Waals surface area contributed by atoms with Crippen LogP contribution in [0.5, 0.6) is 0 Å². The van der Waals surface area contributed by atoms with E-state index in [1.54, 1.807) is 12.4 Å². The summed E-state index contributed by atoms with van der Waals surface area (Å²) in [6.07, 6.45) is 13.3. The van der Waals surface area contributed by atoms with Crippen molar-refractivity contribution in [3.05, 3.63) is 42.1 Å². The van der Waals surface area contributed by atoms with Crippen LogP contribution in [-0.2, 0) is 6.42 Å². The van der Waals surface area contributed by atoms with E-state index in [0.717, 1.165) is 24.9 Å². The van der Waals surface area contributed by atoms with Gasteiger partial charge in [-0.05, 0) is 56.2 Å². The Morgan fingerprint density at radius 3 is 2.86 bits per heavy atom. The van der Waals surface area contributed by atoms with Gasteiger partial charge in [0.05, 0.1) is 12.1 Å². The molecule has 0 saturated carbocycles. The van der Waals surface area contributed by atoms with Crippen LogP contribution in [0.4, 0.5) is 0 Å². The van der Waals surface area contributed by atoms with Crippen LogP contribution in [0.2, 0.25) is 0 Å². The Balaban J connectivity index is 1.73. The molecular formula is C23H30N4O. The molecule has 3 atom stereocenters. The van der Waals surface area contributed by atoms with E-state index in [1.807, 2.05) is 12.1 Å². The SMILES string of the molecule is C#CCN(C)CC1C=C(C)C(Cc2nnc(-c3cccnc3)o2)CC1C(C)C. The van der Waals surface area contributed by atoms with E-state index in [2.05, 4.69) is 59.9 Å². The van der Waals surface area contributed by atoms with Gasteiger partial charge in [-0.3, -0.25) is 9.88 Å². The molecule has 3 unspecified atom stereocenters. The maximum absolute atomic E-state index is 5.92. The van der Waals surface area contributed by atoms with Crippen LogP contribution >= 0.6 is 0 Å². The average molecular weight is 379 g/mol. The lowest BCUT2D eigenvalue weighted by atomic mass is 9.69. The lowest BCUT2D eigenvalue weighted by Gasteiger charge is -2.38. The van der Waals surface area contributed by atoms with Gasteiger partial charge in [-0.15, -0.1) is 16.6 Å². The van der Waals surface area contributed by atoms with Crippen molar-refractivity contribution in [2.75, 3.05) is 20.1 Å². The molecule has 1 aliphatic carbocycles. The predicted molar refractivity (Wildman–Crippen MR) is 111 cm³/mol. The summed E-state index contributed by atoms with van der Waals surface area (Å²) in [5, 5.41) is 8.49. The van der Waals surface area contributed by atoms with E-state index in [0.29, 0.717) is 42.0 Å². The molecule has 5 heteroatoms. The molecule has 0 fully saturated rings. The molecule has 0 aliphatic heterocycles. The van der Waals surface area contributed by atoms with E-state index in [9.17, 15) is 0 Å². The highest BCUT2D eigenvalue weighted by Gasteiger charge is 2.33. The van der Waals surface area contributed by atoms with Gasteiger partial charge in [0.15, 0.2) is 0 Å². The predicted octanol–water partition coefficient (Wildman–Crippen LogP) is 4.09. The Labute approximate surface area is 168 Å².